The maximum absolute atomic E-state index is 12.2. The first-order valence-corrected chi connectivity index (χ1v) is 10.6. The van der Waals surface area contributed by atoms with Gasteiger partial charge >= 0.3 is 0 Å². The zero-order valence-electron chi connectivity index (χ0n) is 14.2. The van der Waals surface area contributed by atoms with E-state index in [1.54, 1.807) is 18.1 Å². The van der Waals surface area contributed by atoms with Gasteiger partial charge in [0.15, 0.2) is 0 Å². The van der Waals surface area contributed by atoms with Gasteiger partial charge < -0.3 is 5.32 Å². The van der Waals surface area contributed by atoms with Gasteiger partial charge in [0.25, 0.3) is 0 Å². The highest BCUT2D eigenvalue weighted by atomic mass is 32.2. The van der Waals surface area contributed by atoms with E-state index < -0.39 is 0 Å². The number of thioether (sulfide) groups is 1. The first-order chi connectivity index (χ1) is 11.6. The number of amides is 1. The summed E-state index contributed by atoms with van der Waals surface area (Å²) in [5.41, 5.74) is 1.43. The van der Waals surface area contributed by atoms with E-state index in [0.717, 1.165) is 28.6 Å². The molecule has 24 heavy (non-hydrogen) atoms. The van der Waals surface area contributed by atoms with Gasteiger partial charge in [-0.1, -0.05) is 18.7 Å². The fourth-order valence-corrected chi connectivity index (χ4v) is 5.75. The fraction of sp³-hybridized carbons (Fsp3) is 0.611. The van der Waals surface area contributed by atoms with Crippen LogP contribution in [0.2, 0.25) is 0 Å². The van der Waals surface area contributed by atoms with Crippen LogP contribution in [0.5, 0.6) is 0 Å². The SMILES string of the molecule is C[C@@H]1CCc2c(sc3ncnc(SCC(=O)N[C@H](C)C4CC4)c23)C1. The molecule has 1 saturated carbocycles. The molecule has 6 heteroatoms. The van der Waals surface area contributed by atoms with E-state index in [-0.39, 0.29) is 5.91 Å². The summed E-state index contributed by atoms with van der Waals surface area (Å²) in [5.74, 6) is 1.99. The Hall–Kier alpha value is -1.14. The van der Waals surface area contributed by atoms with Crippen molar-refractivity contribution in [3.05, 3.63) is 16.8 Å². The number of thiophene rings is 1. The zero-order chi connectivity index (χ0) is 16.7. The van der Waals surface area contributed by atoms with Gasteiger partial charge in [-0.3, -0.25) is 4.79 Å². The second-order valence-corrected chi connectivity index (χ2v) is 9.24. The number of fused-ring (bicyclic) bond motifs is 3. The number of hydrogen-bond acceptors (Lipinski definition) is 5. The molecule has 2 aliphatic carbocycles. The zero-order valence-corrected chi connectivity index (χ0v) is 15.8. The molecule has 0 saturated heterocycles. The van der Waals surface area contributed by atoms with Crippen LogP contribution in [0.3, 0.4) is 0 Å². The van der Waals surface area contributed by atoms with Crippen molar-refractivity contribution in [1.29, 1.82) is 0 Å². The molecule has 0 unspecified atom stereocenters. The van der Waals surface area contributed by atoms with Crippen LogP contribution in [0.1, 0.15) is 43.6 Å². The molecule has 2 aromatic heterocycles. The third kappa shape index (κ3) is 3.31. The van der Waals surface area contributed by atoms with Gasteiger partial charge in [-0.25, -0.2) is 9.97 Å². The molecule has 2 atom stereocenters. The number of carbonyl (C=O) groups is 1. The Morgan fingerprint density at radius 1 is 1.42 bits per heavy atom. The van der Waals surface area contributed by atoms with E-state index in [1.165, 1.54) is 35.1 Å². The molecule has 0 spiro atoms. The lowest BCUT2D eigenvalue weighted by Gasteiger charge is -2.18. The number of nitrogens with zero attached hydrogens (tertiary/aromatic N) is 2. The Labute approximate surface area is 150 Å². The number of aromatic nitrogens is 2. The topological polar surface area (TPSA) is 54.9 Å². The van der Waals surface area contributed by atoms with E-state index in [9.17, 15) is 4.79 Å². The molecule has 0 aromatic carbocycles. The van der Waals surface area contributed by atoms with Crippen molar-refractivity contribution >= 4 is 39.2 Å². The molecule has 2 aromatic rings. The molecular weight excluding hydrogens is 338 g/mol. The van der Waals surface area contributed by atoms with E-state index in [2.05, 4.69) is 29.1 Å². The average molecular weight is 362 g/mol. The molecular formula is C18H23N3OS2. The molecule has 0 aliphatic heterocycles. The number of carbonyl (C=O) groups excluding carboxylic acids is 1. The summed E-state index contributed by atoms with van der Waals surface area (Å²) < 4.78 is 0. The third-order valence-electron chi connectivity index (χ3n) is 5.11. The molecule has 2 aliphatic rings. The van der Waals surface area contributed by atoms with Gasteiger partial charge in [-0.2, -0.15) is 0 Å². The molecule has 1 fully saturated rings. The average Bonchev–Trinajstić information content (AvgIpc) is 3.34. The first kappa shape index (κ1) is 16.3. The van der Waals surface area contributed by atoms with Crippen LogP contribution in [0.15, 0.2) is 11.4 Å². The summed E-state index contributed by atoms with van der Waals surface area (Å²) in [7, 11) is 0. The Bertz CT molecular complexity index is 769. The van der Waals surface area contributed by atoms with Crippen LogP contribution in [0.25, 0.3) is 10.2 Å². The van der Waals surface area contributed by atoms with Crippen LogP contribution in [0, 0.1) is 11.8 Å². The van der Waals surface area contributed by atoms with E-state index in [1.807, 2.05) is 11.3 Å². The minimum atomic E-state index is 0.115. The maximum atomic E-state index is 12.2. The van der Waals surface area contributed by atoms with Gasteiger partial charge in [-0.15, -0.1) is 11.3 Å². The summed E-state index contributed by atoms with van der Waals surface area (Å²) in [6, 6.07) is 0.305. The molecule has 1 N–H and O–H groups in total. The minimum absolute atomic E-state index is 0.115. The summed E-state index contributed by atoms with van der Waals surface area (Å²) in [6.45, 7) is 4.43. The lowest BCUT2D eigenvalue weighted by molar-refractivity contribution is -0.119. The van der Waals surface area contributed by atoms with Crippen molar-refractivity contribution in [2.45, 2.75) is 57.0 Å². The number of hydrogen-bond donors (Lipinski definition) is 1. The quantitative estimate of drug-likeness (QED) is 0.650. The highest BCUT2D eigenvalue weighted by Gasteiger charge is 2.29. The summed E-state index contributed by atoms with van der Waals surface area (Å²) >= 11 is 3.36. The van der Waals surface area contributed by atoms with E-state index in [4.69, 9.17) is 0 Å². The standard InChI is InChI=1S/C18H23N3OS2/c1-10-3-6-13-14(7-10)24-18-16(13)17(19-9-20-18)23-8-15(22)21-11(2)12-4-5-12/h9-12H,3-8H2,1-2H3,(H,21,22)/t10-,11-/m1/s1. The van der Waals surface area contributed by atoms with Crippen molar-refractivity contribution in [3.8, 4) is 0 Å². The summed E-state index contributed by atoms with van der Waals surface area (Å²) in [5, 5.41) is 5.30. The highest BCUT2D eigenvalue weighted by molar-refractivity contribution is 8.00. The Balaban J connectivity index is 1.50. The number of rotatable bonds is 5. The van der Waals surface area contributed by atoms with E-state index in [0.29, 0.717) is 17.7 Å². The van der Waals surface area contributed by atoms with Crippen molar-refractivity contribution in [2.24, 2.45) is 11.8 Å². The van der Waals surface area contributed by atoms with Crippen molar-refractivity contribution < 1.29 is 4.79 Å². The van der Waals surface area contributed by atoms with E-state index >= 15 is 0 Å². The predicted molar refractivity (Wildman–Crippen MR) is 99.7 cm³/mol. The summed E-state index contributed by atoms with van der Waals surface area (Å²) in [6.07, 6.45) is 7.64. The molecule has 1 amide bonds. The molecule has 128 valence electrons. The maximum Gasteiger partial charge on any atom is 0.230 e. The lowest BCUT2D eigenvalue weighted by Crippen LogP contribution is -2.35. The van der Waals surface area contributed by atoms with Gasteiger partial charge in [0.05, 0.1) is 5.75 Å². The monoisotopic (exact) mass is 361 g/mol. The number of aryl methyl sites for hydroxylation is 1. The second-order valence-electron chi connectivity index (χ2n) is 7.19. The van der Waals surface area contributed by atoms with Gasteiger partial charge in [0, 0.05) is 16.3 Å². The van der Waals surface area contributed by atoms with Crippen LogP contribution in [-0.2, 0) is 17.6 Å². The van der Waals surface area contributed by atoms with Crippen molar-refractivity contribution in [3.63, 3.8) is 0 Å². The van der Waals surface area contributed by atoms with Crippen molar-refractivity contribution in [1.82, 2.24) is 15.3 Å². The third-order valence-corrected chi connectivity index (χ3v) is 7.27. The number of nitrogens with one attached hydrogen (secondary N) is 1. The molecule has 0 bridgehead atoms. The highest BCUT2D eigenvalue weighted by Crippen LogP contribution is 2.40. The Morgan fingerprint density at radius 2 is 2.25 bits per heavy atom. The summed E-state index contributed by atoms with van der Waals surface area (Å²) in [4.78, 5) is 23.7. The smallest absolute Gasteiger partial charge is 0.230 e. The predicted octanol–water partition coefficient (Wildman–Crippen LogP) is 3.82. The van der Waals surface area contributed by atoms with Gasteiger partial charge in [0.1, 0.15) is 16.2 Å². The molecule has 4 rings (SSSR count). The normalized spacial score (nSPS) is 21.5. The molecule has 0 radical (unpaired) electrons. The van der Waals surface area contributed by atoms with Crippen LogP contribution >= 0.6 is 23.1 Å². The Morgan fingerprint density at radius 3 is 3.04 bits per heavy atom. The van der Waals surface area contributed by atoms with Crippen LogP contribution in [0.4, 0.5) is 0 Å². The molecule has 2 heterocycles. The fourth-order valence-electron chi connectivity index (χ4n) is 3.50. The largest absolute Gasteiger partial charge is 0.353 e. The van der Waals surface area contributed by atoms with Gasteiger partial charge in [-0.05, 0) is 56.4 Å². The van der Waals surface area contributed by atoms with Crippen LogP contribution in [-0.4, -0.2) is 27.7 Å². The first-order valence-electron chi connectivity index (χ1n) is 8.79. The minimum Gasteiger partial charge on any atom is -0.353 e. The van der Waals surface area contributed by atoms with Crippen LogP contribution < -0.4 is 5.32 Å². The van der Waals surface area contributed by atoms with Crippen molar-refractivity contribution in [2.75, 3.05) is 5.75 Å². The molecule has 4 nitrogen and oxygen atoms in total. The second kappa shape index (κ2) is 6.64. The lowest BCUT2D eigenvalue weighted by atomic mass is 9.89. The van der Waals surface area contributed by atoms with Gasteiger partial charge in [0.2, 0.25) is 5.91 Å². The Kier molecular flexibility index (Phi) is 4.52.